The maximum atomic E-state index is 12.4. The lowest BCUT2D eigenvalue weighted by molar-refractivity contribution is -0.384. The molecule has 134 valence electrons. The van der Waals surface area contributed by atoms with E-state index in [2.05, 4.69) is 5.32 Å². The number of nitro benzene ring substituents is 1. The Morgan fingerprint density at radius 2 is 2.00 bits per heavy atom. The van der Waals surface area contributed by atoms with Crippen LogP contribution in [0.25, 0.3) is 11.0 Å². The predicted octanol–water partition coefficient (Wildman–Crippen LogP) is 3.54. The van der Waals surface area contributed by atoms with Gasteiger partial charge < -0.3 is 19.2 Å². The number of benzene rings is 2. The zero-order chi connectivity index (χ0) is 18.7. The molecule has 3 aromatic rings. The Hall–Kier alpha value is -3.55. The number of nitrogens with one attached hydrogen (secondary N) is 1. The van der Waals surface area contributed by atoms with Gasteiger partial charge in [0, 0.05) is 23.1 Å². The van der Waals surface area contributed by atoms with Gasteiger partial charge in [0.25, 0.3) is 5.69 Å². The number of furan rings is 1. The van der Waals surface area contributed by atoms with Gasteiger partial charge in [0.15, 0.2) is 0 Å². The molecule has 0 aliphatic carbocycles. The Morgan fingerprint density at radius 3 is 2.69 bits per heavy atom. The van der Waals surface area contributed by atoms with Gasteiger partial charge in [0.2, 0.25) is 5.91 Å². The van der Waals surface area contributed by atoms with Crippen LogP contribution in [-0.2, 0) is 11.2 Å². The maximum Gasteiger partial charge on any atom is 0.273 e. The van der Waals surface area contributed by atoms with Crippen molar-refractivity contribution in [2.75, 3.05) is 19.5 Å². The molecule has 1 N–H and O–H groups in total. The highest BCUT2D eigenvalue weighted by Crippen LogP contribution is 2.30. The van der Waals surface area contributed by atoms with Crippen molar-refractivity contribution in [2.45, 2.75) is 6.42 Å². The van der Waals surface area contributed by atoms with E-state index in [0.717, 1.165) is 10.9 Å². The van der Waals surface area contributed by atoms with Crippen molar-refractivity contribution in [2.24, 2.45) is 0 Å². The summed E-state index contributed by atoms with van der Waals surface area (Å²) in [5.41, 5.74) is 1.59. The van der Waals surface area contributed by atoms with Gasteiger partial charge in [-0.15, -0.1) is 0 Å². The molecule has 3 rings (SSSR count). The Morgan fingerprint density at radius 1 is 1.19 bits per heavy atom. The molecule has 0 aliphatic rings. The lowest BCUT2D eigenvalue weighted by Crippen LogP contribution is -2.14. The summed E-state index contributed by atoms with van der Waals surface area (Å²) in [6.07, 6.45) is 1.61. The second kappa shape index (κ2) is 7.14. The number of nitrogens with zero attached hydrogens (tertiary/aromatic N) is 1. The number of fused-ring (bicyclic) bond motifs is 1. The number of carbonyl (C=O) groups excluding carboxylic acids is 1. The number of ether oxygens (including phenoxy) is 2. The fourth-order valence-corrected chi connectivity index (χ4v) is 2.59. The smallest absolute Gasteiger partial charge is 0.273 e. The van der Waals surface area contributed by atoms with E-state index in [1.165, 1.54) is 31.6 Å². The average Bonchev–Trinajstić information content (AvgIpc) is 3.03. The van der Waals surface area contributed by atoms with Crippen molar-refractivity contribution < 1.29 is 23.6 Å². The van der Waals surface area contributed by atoms with Crippen molar-refractivity contribution in [3.8, 4) is 11.5 Å². The number of amides is 1. The van der Waals surface area contributed by atoms with Crippen molar-refractivity contribution in [1.82, 2.24) is 0 Å². The van der Waals surface area contributed by atoms with Crippen LogP contribution in [0.15, 0.2) is 47.1 Å². The predicted molar refractivity (Wildman–Crippen MR) is 94.7 cm³/mol. The van der Waals surface area contributed by atoms with E-state index in [-0.39, 0.29) is 23.8 Å². The first-order valence-electron chi connectivity index (χ1n) is 7.68. The summed E-state index contributed by atoms with van der Waals surface area (Å²) in [6, 6.07) is 9.36. The lowest BCUT2D eigenvalue weighted by atomic mass is 10.1. The van der Waals surface area contributed by atoms with Crippen LogP contribution in [0, 0.1) is 10.1 Å². The van der Waals surface area contributed by atoms with Crippen LogP contribution < -0.4 is 14.8 Å². The van der Waals surface area contributed by atoms with Crippen LogP contribution in [0.4, 0.5) is 11.4 Å². The number of anilines is 1. The van der Waals surface area contributed by atoms with Crippen LogP contribution >= 0.6 is 0 Å². The normalized spacial score (nSPS) is 10.5. The summed E-state index contributed by atoms with van der Waals surface area (Å²) >= 11 is 0. The first-order chi connectivity index (χ1) is 12.5. The van der Waals surface area contributed by atoms with Gasteiger partial charge in [-0.05, 0) is 18.2 Å². The zero-order valence-corrected chi connectivity index (χ0v) is 14.1. The fraction of sp³-hybridized carbons (Fsp3) is 0.167. The topological polar surface area (TPSA) is 104 Å². The highest BCUT2D eigenvalue weighted by atomic mass is 16.6. The van der Waals surface area contributed by atoms with Crippen LogP contribution in [0.2, 0.25) is 0 Å². The zero-order valence-electron chi connectivity index (χ0n) is 14.1. The molecule has 0 aliphatic heterocycles. The molecule has 0 fully saturated rings. The average molecular weight is 356 g/mol. The Kier molecular flexibility index (Phi) is 4.74. The molecule has 0 spiro atoms. The Labute approximate surface area is 148 Å². The summed E-state index contributed by atoms with van der Waals surface area (Å²) in [4.78, 5) is 22.7. The lowest BCUT2D eigenvalue weighted by Gasteiger charge is -2.09. The van der Waals surface area contributed by atoms with E-state index < -0.39 is 4.92 Å². The number of non-ortho nitro benzene ring substituents is 1. The van der Waals surface area contributed by atoms with Gasteiger partial charge in [0.05, 0.1) is 43.6 Å². The molecule has 26 heavy (non-hydrogen) atoms. The molecule has 8 heteroatoms. The maximum absolute atomic E-state index is 12.4. The van der Waals surface area contributed by atoms with E-state index in [1.54, 1.807) is 19.2 Å². The number of rotatable bonds is 6. The number of hydrogen-bond donors (Lipinski definition) is 1. The minimum absolute atomic E-state index is 0.0828. The molecule has 8 nitrogen and oxygen atoms in total. The molecule has 0 radical (unpaired) electrons. The monoisotopic (exact) mass is 356 g/mol. The van der Waals surface area contributed by atoms with Crippen molar-refractivity contribution in [3.63, 3.8) is 0 Å². The van der Waals surface area contributed by atoms with Crippen LogP contribution in [0.3, 0.4) is 0 Å². The molecule has 0 atom stereocenters. The quantitative estimate of drug-likeness (QED) is 0.535. The summed E-state index contributed by atoms with van der Waals surface area (Å²) in [5, 5.41) is 14.3. The van der Waals surface area contributed by atoms with Crippen LogP contribution in [0.1, 0.15) is 5.56 Å². The molecule has 1 amide bonds. The number of hydrogen-bond acceptors (Lipinski definition) is 6. The minimum Gasteiger partial charge on any atom is -0.497 e. The molecule has 0 bridgehead atoms. The third kappa shape index (κ3) is 3.44. The van der Waals surface area contributed by atoms with Crippen LogP contribution in [-0.4, -0.2) is 25.1 Å². The third-order valence-electron chi connectivity index (χ3n) is 3.88. The summed E-state index contributed by atoms with van der Waals surface area (Å²) in [6.45, 7) is 0. The van der Waals surface area contributed by atoms with Gasteiger partial charge in [0.1, 0.15) is 17.1 Å². The molecule has 2 aromatic carbocycles. The van der Waals surface area contributed by atoms with E-state index in [1.807, 2.05) is 6.07 Å². The number of carbonyl (C=O) groups is 1. The van der Waals surface area contributed by atoms with Crippen molar-refractivity contribution in [1.29, 1.82) is 0 Å². The van der Waals surface area contributed by atoms with E-state index in [4.69, 9.17) is 13.9 Å². The van der Waals surface area contributed by atoms with Gasteiger partial charge in [-0.25, -0.2) is 0 Å². The Bertz CT molecular complexity index is 979. The second-order valence-corrected chi connectivity index (χ2v) is 5.49. The van der Waals surface area contributed by atoms with Gasteiger partial charge >= 0.3 is 0 Å². The van der Waals surface area contributed by atoms with Crippen LogP contribution in [0.5, 0.6) is 11.5 Å². The Balaban J connectivity index is 1.78. The highest BCUT2D eigenvalue weighted by Gasteiger charge is 2.15. The third-order valence-corrected chi connectivity index (χ3v) is 3.88. The van der Waals surface area contributed by atoms with E-state index >= 15 is 0 Å². The number of nitro groups is 1. The minimum atomic E-state index is -0.528. The largest absolute Gasteiger partial charge is 0.497 e. The molecule has 0 saturated carbocycles. The van der Waals surface area contributed by atoms with Gasteiger partial charge in [-0.1, -0.05) is 0 Å². The molecule has 0 unspecified atom stereocenters. The molecule has 0 saturated heterocycles. The first-order valence-corrected chi connectivity index (χ1v) is 7.68. The number of methoxy groups -OCH3 is 2. The molecule has 1 heterocycles. The van der Waals surface area contributed by atoms with E-state index in [0.29, 0.717) is 17.0 Å². The SMILES string of the molecule is COc1ccc2c(CC(=O)Nc3ccc([N+](=O)[O-])cc3OC)coc2c1. The summed E-state index contributed by atoms with van der Waals surface area (Å²) in [5.74, 6) is 0.587. The van der Waals surface area contributed by atoms with Gasteiger partial charge in [-0.3, -0.25) is 14.9 Å². The summed E-state index contributed by atoms with van der Waals surface area (Å²) < 4.78 is 15.7. The second-order valence-electron chi connectivity index (χ2n) is 5.49. The van der Waals surface area contributed by atoms with Crippen molar-refractivity contribution >= 4 is 28.3 Å². The van der Waals surface area contributed by atoms with E-state index in [9.17, 15) is 14.9 Å². The highest BCUT2D eigenvalue weighted by molar-refractivity contribution is 5.96. The fourth-order valence-electron chi connectivity index (χ4n) is 2.59. The molecular weight excluding hydrogens is 340 g/mol. The van der Waals surface area contributed by atoms with Crippen molar-refractivity contribution in [3.05, 3.63) is 58.3 Å². The molecule has 1 aromatic heterocycles. The first kappa shape index (κ1) is 17.3. The standard InChI is InChI=1S/C18H16N2O6/c1-24-13-4-5-14-11(10-26-16(14)9-13)7-18(21)19-15-6-3-12(20(22)23)8-17(15)25-2/h3-6,8-10H,7H2,1-2H3,(H,19,21). The summed E-state index contributed by atoms with van der Waals surface area (Å²) in [7, 11) is 2.95. The molecular formula is C18H16N2O6. The van der Waals surface area contributed by atoms with Gasteiger partial charge in [-0.2, -0.15) is 0 Å².